The average Bonchev–Trinajstić information content (AvgIpc) is 1.67. The van der Waals surface area contributed by atoms with Crippen LogP contribution < -0.4 is 63.8 Å². The number of aliphatic hydroxyl groups excluding tert-OH is 1. The molecule has 780 valence electrons. The molecule has 12 heterocycles. The highest BCUT2D eigenvalue weighted by molar-refractivity contribution is 7.76. The topological polar surface area (TPSA) is 633 Å². The minimum atomic E-state index is -2.74. The summed E-state index contributed by atoms with van der Waals surface area (Å²) in [6.07, 6.45) is 14.9. The quantitative estimate of drug-likeness (QED) is 0.0108. The number of para-hydroxylation sites is 4. The second kappa shape index (κ2) is 55.1. The number of carbonyl (C=O) groups excluding carboxylic acids is 9. The zero-order valence-corrected chi connectivity index (χ0v) is 82.7. The standard InChI is InChI=1S/C27H33N5O5.C27H31N5O5.C26H29N5O6S.C26H31N5O5/c2*33-16-20-19-6-2-3-7-22(19)31-25(20)26(35)32-23(27(36)37)12-14-29-24(34)8-4-1-5-18-10-9-17-15-28-13-11-21(17)30-18;32-22(8-4-1-5-17-10-9-16-15-27-13-11-19(16)29-17)28-14-12-21(26(34)35)31-25(33)23-24(38(36)37)18-6-2-3-7-20(18)30-23;32-22(8-4-1-5-17-10-9-16-15-27-13-11-19(16)29-17)28-14-12-21(26(35)36)31-25(34)23-24(33)18-6-2-3-7-20(18)30-23/h2-3,6-7,9-10,23,28,31,33H,1,4-5,8,11-16H2,(H,29,34)(H,32,35)(H,36,37);2-3,6-7,9-10,16,23,28,31H,1,4-5,8,11-15H2,(H,29,34)(H,32,35)(H,36,37);2-3,6-7,9-10,21,27H,1,4-5,8,11-15H2,(H,28,32)(H,31,33)(H,34,35);2-3,6-7,9-10,21,27,30,33H,1,4-5,8,11-15H2,(H,28,32)(H,31,34)(H,35,36)/t2*23-;2*21-/m0000/s1. The van der Waals surface area contributed by atoms with Gasteiger partial charge in [-0.25, -0.2) is 24.2 Å². The summed E-state index contributed by atoms with van der Waals surface area (Å²) >= 11 is 0. The van der Waals surface area contributed by atoms with E-state index in [0.29, 0.717) is 102 Å². The fraction of sp³-hybridized carbons (Fsp3) is 0.387. The van der Waals surface area contributed by atoms with Crippen LogP contribution in [0.5, 0.6) is 5.75 Å². The van der Waals surface area contributed by atoms with Gasteiger partial charge in [0.15, 0.2) is 17.7 Å². The molecule has 16 rings (SSSR count). The lowest BCUT2D eigenvalue weighted by Gasteiger charge is -2.16. The summed E-state index contributed by atoms with van der Waals surface area (Å²) < 4.78 is 23.4. The van der Waals surface area contributed by atoms with Crippen LogP contribution in [0.4, 0.5) is 5.69 Å². The number of rotatable bonds is 46. The highest BCUT2D eigenvalue weighted by Crippen LogP contribution is 2.31. The normalized spacial score (nSPS) is 13.9. The van der Waals surface area contributed by atoms with E-state index < -0.39 is 82.0 Å². The Kier molecular flexibility index (Phi) is 40.8. The third-order valence-corrected chi connectivity index (χ3v) is 26.6. The number of aliphatic imine (C=N–C) groups is 1. The molecule has 4 aromatic carbocycles. The first-order valence-corrected chi connectivity index (χ1v) is 50.9. The maximum Gasteiger partial charge on any atom is 0.326 e. The number of benzene rings is 4. The van der Waals surface area contributed by atoms with Crippen LogP contribution in [0.1, 0.15) is 223 Å². The summed E-state index contributed by atoms with van der Waals surface area (Å²) in [4.78, 5) is 189. The molecule has 21 N–H and O–H groups in total. The number of carbonyl (C=O) groups is 13. The van der Waals surface area contributed by atoms with Crippen molar-refractivity contribution in [3.05, 3.63) is 247 Å². The van der Waals surface area contributed by atoms with Gasteiger partial charge in [0.05, 0.1) is 17.9 Å². The van der Waals surface area contributed by atoms with Crippen LogP contribution in [0.15, 0.2) is 151 Å². The molecule has 0 spiro atoms. The molecule has 0 fully saturated rings. The molecule has 0 aliphatic carbocycles. The summed E-state index contributed by atoms with van der Waals surface area (Å²) in [6.45, 7) is 7.20. The van der Waals surface area contributed by atoms with E-state index in [0.717, 1.165) is 175 Å². The van der Waals surface area contributed by atoms with Crippen molar-refractivity contribution in [1.29, 1.82) is 0 Å². The van der Waals surface area contributed by atoms with E-state index in [1.54, 1.807) is 91.0 Å². The maximum atomic E-state index is 12.8. The monoisotopic (exact) mass is 2040 g/mol. The van der Waals surface area contributed by atoms with Gasteiger partial charge in [-0.05, 0) is 180 Å². The highest BCUT2D eigenvalue weighted by atomic mass is 32.2. The second-order valence-corrected chi connectivity index (χ2v) is 37.3. The van der Waals surface area contributed by atoms with Gasteiger partial charge in [0.1, 0.15) is 46.1 Å². The molecule has 8 amide bonds. The van der Waals surface area contributed by atoms with Gasteiger partial charge in [-0.2, -0.15) is 8.42 Å². The minimum absolute atomic E-state index is 0.0107. The van der Waals surface area contributed by atoms with Crippen LogP contribution >= 0.6 is 0 Å². The number of hydrogen-bond acceptors (Lipinski definition) is 26. The van der Waals surface area contributed by atoms with Gasteiger partial charge in [0.25, 0.3) is 23.6 Å². The highest BCUT2D eigenvalue weighted by Gasteiger charge is 2.34. The molecule has 4 atom stereocenters. The third kappa shape index (κ3) is 31.2. The van der Waals surface area contributed by atoms with Crippen LogP contribution in [0.2, 0.25) is 0 Å². The number of H-pyrrole nitrogens is 3. The Bertz CT molecular complexity index is 6850. The number of carboxylic acids is 4. The number of amides is 8. The Morgan fingerprint density at radius 3 is 1.05 bits per heavy atom. The Morgan fingerprint density at radius 2 is 0.689 bits per heavy atom. The van der Waals surface area contributed by atoms with E-state index in [4.69, 9.17) is 19.9 Å². The third-order valence-electron chi connectivity index (χ3n) is 25.9. The molecule has 7 aromatic heterocycles. The first-order valence-electron chi connectivity index (χ1n) is 49.8. The molecule has 0 unspecified atom stereocenters. The number of aromatic hydroxyl groups is 1. The van der Waals surface area contributed by atoms with Gasteiger partial charge >= 0.3 is 23.9 Å². The molecular formula is C106H124N20O21S. The first kappa shape index (κ1) is 110. The molecule has 0 saturated carbocycles. The molecule has 0 saturated heterocycles. The number of carboxylic acid groups (broad SMARTS) is 4. The van der Waals surface area contributed by atoms with Gasteiger partial charge in [-0.1, -0.05) is 91.0 Å². The minimum Gasteiger partial charge on any atom is -0.505 e. The molecule has 148 heavy (non-hydrogen) atoms. The number of nitrogens with one attached hydrogen (secondary N) is 15. The van der Waals surface area contributed by atoms with E-state index in [9.17, 15) is 101 Å². The second-order valence-electron chi connectivity index (χ2n) is 36.4. The number of pyridine rings is 4. The van der Waals surface area contributed by atoms with Crippen molar-refractivity contribution in [1.82, 2.24) is 98.7 Å². The lowest BCUT2D eigenvalue weighted by Crippen LogP contribution is -2.47. The first-order chi connectivity index (χ1) is 71.7. The van der Waals surface area contributed by atoms with Gasteiger partial charge in [-0.3, -0.25) is 63.1 Å². The zero-order chi connectivity index (χ0) is 105. The molecule has 41 nitrogen and oxygen atoms in total. The number of aliphatic hydroxyl groups is 1. The Morgan fingerprint density at radius 1 is 0.372 bits per heavy atom. The number of aliphatic carboxylic acids is 4. The smallest absolute Gasteiger partial charge is 0.326 e. The lowest BCUT2D eigenvalue weighted by atomic mass is 10.0. The Labute approximate surface area is 853 Å². The summed E-state index contributed by atoms with van der Waals surface area (Å²) in [5.74, 6) is -8.82. The van der Waals surface area contributed by atoms with Crippen molar-refractivity contribution >= 4 is 137 Å². The van der Waals surface area contributed by atoms with Crippen molar-refractivity contribution in [3.8, 4) is 5.75 Å². The maximum absolute atomic E-state index is 12.8. The largest absolute Gasteiger partial charge is 0.505 e. The molecule has 0 radical (unpaired) electrons. The number of aldehydes is 1. The van der Waals surface area contributed by atoms with E-state index in [2.05, 4.69) is 108 Å². The molecule has 11 aromatic rings. The predicted molar refractivity (Wildman–Crippen MR) is 550 cm³/mol. The van der Waals surface area contributed by atoms with Gasteiger partial charge < -0.3 is 109 Å². The molecule has 0 bridgehead atoms. The lowest BCUT2D eigenvalue weighted by molar-refractivity contribution is -0.141. The average molecular weight is 2050 g/mol. The molecule has 5 aliphatic heterocycles. The molecule has 5 aliphatic rings. The molecule has 42 heteroatoms. The van der Waals surface area contributed by atoms with E-state index in [1.165, 1.54) is 28.3 Å². The number of aromatic amines is 3. The number of aromatic nitrogens is 7. The Balaban J connectivity index is 0.000000165. The van der Waals surface area contributed by atoms with Crippen LogP contribution in [0.25, 0.3) is 32.7 Å². The fourth-order valence-electron chi connectivity index (χ4n) is 17.9. The van der Waals surface area contributed by atoms with E-state index >= 15 is 0 Å². The van der Waals surface area contributed by atoms with Crippen molar-refractivity contribution in [2.24, 2.45) is 4.99 Å². The summed E-state index contributed by atoms with van der Waals surface area (Å²) in [5.41, 5.74) is 16.4. The summed E-state index contributed by atoms with van der Waals surface area (Å²) in [6, 6.07) is 39.0. The van der Waals surface area contributed by atoms with Gasteiger partial charge in [-0.15, -0.1) is 0 Å². The summed E-state index contributed by atoms with van der Waals surface area (Å²) in [7, 11) is -2.74. The van der Waals surface area contributed by atoms with Crippen LogP contribution in [-0.4, -0.2) is 238 Å². The molecular weight excluding hydrogens is 1920 g/mol. The van der Waals surface area contributed by atoms with E-state index in [-0.39, 0.29) is 127 Å². The fourth-order valence-corrected chi connectivity index (χ4v) is 18.5. The number of unbranched alkanes of at least 4 members (excludes halogenated alkanes) is 4. The number of nitrogens with zero attached hydrogens (tertiary/aromatic N) is 5. The van der Waals surface area contributed by atoms with Crippen molar-refractivity contribution in [2.45, 2.75) is 211 Å². The number of aryl methyl sites for hydroxylation is 4. The number of hydrogen-bond donors (Lipinski definition) is 21. The number of fused-ring (bicyclic) bond motifs is 8. The van der Waals surface area contributed by atoms with E-state index in [1.807, 2.05) is 24.3 Å². The predicted octanol–water partition coefficient (Wildman–Crippen LogP) is 6.64. The Hall–Kier alpha value is -15.6. The van der Waals surface area contributed by atoms with Crippen LogP contribution in [0, 0.1) is 0 Å². The van der Waals surface area contributed by atoms with Crippen LogP contribution in [0.3, 0.4) is 0 Å². The van der Waals surface area contributed by atoms with Gasteiger partial charge in [0.2, 0.25) is 33.9 Å². The van der Waals surface area contributed by atoms with Crippen molar-refractivity contribution in [2.75, 3.05) is 52.4 Å². The summed E-state index contributed by atoms with van der Waals surface area (Å²) in [5, 5.41) is 93.7. The SMILES string of the molecule is O=C(CCCCc1ccc2c(n1)CCNC2)NCC[C@H](NC(=O)C1=Nc2ccccc2C1=S(=O)=O)C(=O)O.O=C(CCCCc1ccc2c(n1)CCNC2)NCC[C@H](NC(=O)c1[nH]c2ccccc2c1CO)C(=O)O.O=C(CCCCc1ccc2c(n1)CCNC2)NCC[C@H](NC(=O)c1[nH]c2ccccc2c1O)C(=O)O.O=Cc1c(C(=O)N[C@@H](CCNC(=O)CCCCc2ccc3c(n2)CCNC3)C(=O)O)[nH]c2ccccc12. The van der Waals surface area contributed by atoms with Crippen LogP contribution in [-0.2, 0) is 138 Å². The zero-order valence-electron chi connectivity index (χ0n) is 81.9. The van der Waals surface area contributed by atoms with Crippen molar-refractivity contribution < 1.29 is 101 Å². The van der Waals surface area contributed by atoms with Gasteiger partial charge in [0, 0.05) is 219 Å². The van der Waals surface area contributed by atoms with Crippen molar-refractivity contribution in [3.63, 3.8) is 0 Å².